The number of carbonyl (C=O) groups excluding carboxylic acids is 1. The number of hydrogen-bond donors (Lipinski definition) is 2. The van der Waals surface area contributed by atoms with Gasteiger partial charge in [0.15, 0.2) is 0 Å². The maximum absolute atomic E-state index is 13.0. The summed E-state index contributed by atoms with van der Waals surface area (Å²) in [6, 6.07) is 9.43. The fraction of sp³-hybridized carbons (Fsp3) is 0.519. The quantitative estimate of drug-likeness (QED) is 0.427. The molecule has 2 aliphatic rings. The van der Waals surface area contributed by atoms with E-state index in [1.54, 1.807) is 11.3 Å². The van der Waals surface area contributed by atoms with Crippen molar-refractivity contribution in [2.75, 3.05) is 0 Å². The van der Waals surface area contributed by atoms with E-state index in [-0.39, 0.29) is 5.91 Å². The van der Waals surface area contributed by atoms with E-state index >= 15 is 0 Å². The molecular weight excluding hydrogens is 446 g/mol. The number of carboxylic acid groups (broad SMARTS) is 1. The van der Waals surface area contributed by atoms with Gasteiger partial charge in [0.2, 0.25) is 0 Å². The molecule has 3 aromatic rings. The van der Waals surface area contributed by atoms with E-state index in [1.807, 2.05) is 18.2 Å². The first-order valence-electron chi connectivity index (χ1n) is 12.6. The molecule has 2 saturated carbocycles. The van der Waals surface area contributed by atoms with Gasteiger partial charge in [-0.05, 0) is 60.7 Å². The number of rotatable bonds is 8. The molecule has 0 aliphatic heterocycles. The molecule has 0 bridgehead atoms. The number of hydrogen-bond acceptors (Lipinski definition) is 4. The van der Waals surface area contributed by atoms with Gasteiger partial charge >= 0.3 is 5.97 Å². The Kier molecular flexibility index (Phi) is 6.73. The smallest absolute Gasteiger partial charge is 0.326 e. The molecule has 34 heavy (non-hydrogen) atoms. The van der Waals surface area contributed by atoms with Crippen molar-refractivity contribution < 1.29 is 14.7 Å². The van der Waals surface area contributed by atoms with Crippen LogP contribution in [0.15, 0.2) is 35.7 Å². The Balaban J connectivity index is 1.45. The number of thiophene rings is 1. The molecule has 6 nitrogen and oxygen atoms in total. The lowest BCUT2D eigenvalue weighted by atomic mass is 9.81. The van der Waals surface area contributed by atoms with Gasteiger partial charge in [0.05, 0.1) is 11.0 Å². The molecule has 0 saturated heterocycles. The van der Waals surface area contributed by atoms with Gasteiger partial charge in [-0.2, -0.15) is 0 Å². The zero-order valence-electron chi connectivity index (χ0n) is 19.7. The summed E-state index contributed by atoms with van der Waals surface area (Å²) in [7, 11) is 0. The summed E-state index contributed by atoms with van der Waals surface area (Å²) in [4.78, 5) is 31.0. The fourth-order valence-corrected chi connectivity index (χ4v) is 6.26. The van der Waals surface area contributed by atoms with Crippen LogP contribution in [-0.4, -0.2) is 32.6 Å². The molecule has 2 heterocycles. The van der Waals surface area contributed by atoms with E-state index < -0.39 is 12.0 Å². The van der Waals surface area contributed by atoms with Crippen LogP contribution < -0.4 is 5.32 Å². The first-order chi connectivity index (χ1) is 16.5. The summed E-state index contributed by atoms with van der Waals surface area (Å²) in [6.07, 6.45) is 9.41. The van der Waals surface area contributed by atoms with Crippen LogP contribution in [0.4, 0.5) is 0 Å². The van der Waals surface area contributed by atoms with Crippen molar-refractivity contribution in [3.63, 3.8) is 0 Å². The normalized spacial score (nSPS) is 21.8. The second-order valence-electron chi connectivity index (χ2n) is 10.1. The SMILES string of the molecule is CC1CCCCC1n1c(Cc2cccs2)nc2cc(C(=O)NC(CC3CCC3)C(=O)O)ccc21. The van der Waals surface area contributed by atoms with E-state index in [1.165, 1.54) is 24.1 Å². The van der Waals surface area contributed by atoms with Crippen molar-refractivity contribution in [2.24, 2.45) is 11.8 Å². The molecule has 180 valence electrons. The number of benzene rings is 1. The maximum atomic E-state index is 13.0. The minimum atomic E-state index is -0.963. The third-order valence-corrected chi connectivity index (χ3v) is 8.61. The second-order valence-corrected chi connectivity index (χ2v) is 11.1. The first-order valence-corrected chi connectivity index (χ1v) is 13.4. The number of nitrogens with one attached hydrogen (secondary N) is 1. The molecule has 2 N–H and O–H groups in total. The summed E-state index contributed by atoms with van der Waals surface area (Å²) in [6.45, 7) is 2.33. The van der Waals surface area contributed by atoms with Crippen LogP contribution in [0.2, 0.25) is 0 Å². The third kappa shape index (κ3) is 4.76. The molecule has 1 aromatic carbocycles. The average molecular weight is 480 g/mol. The monoisotopic (exact) mass is 479 g/mol. The maximum Gasteiger partial charge on any atom is 0.326 e. The third-order valence-electron chi connectivity index (χ3n) is 7.73. The Hall–Kier alpha value is -2.67. The van der Waals surface area contributed by atoms with E-state index in [2.05, 4.69) is 34.3 Å². The van der Waals surface area contributed by atoms with Crippen molar-refractivity contribution in [3.05, 3.63) is 52.0 Å². The number of fused-ring (bicyclic) bond motifs is 1. The number of amides is 1. The van der Waals surface area contributed by atoms with Gasteiger partial charge in [-0.1, -0.05) is 45.1 Å². The number of imidazole rings is 1. The van der Waals surface area contributed by atoms with Crippen LogP contribution in [0.1, 0.15) is 85.4 Å². The van der Waals surface area contributed by atoms with Crippen LogP contribution in [-0.2, 0) is 11.2 Å². The Labute approximate surface area is 204 Å². The molecule has 2 fully saturated rings. The molecule has 0 spiro atoms. The molecule has 3 atom stereocenters. The summed E-state index contributed by atoms with van der Waals surface area (Å²) in [5.41, 5.74) is 2.34. The topological polar surface area (TPSA) is 84.2 Å². The van der Waals surface area contributed by atoms with Crippen LogP contribution in [0.25, 0.3) is 11.0 Å². The summed E-state index contributed by atoms with van der Waals surface area (Å²) >= 11 is 1.74. The van der Waals surface area contributed by atoms with Crippen LogP contribution >= 0.6 is 11.3 Å². The summed E-state index contributed by atoms with van der Waals surface area (Å²) in [5, 5.41) is 14.5. The van der Waals surface area contributed by atoms with Crippen molar-refractivity contribution in [2.45, 2.75) is 76.8 Å². The van der Waals surface area contributed by atoms with Crippen molar-refractivity contribution in [1.82, 2.24) is 14.9 Å². The zero-order chi connectivity index (χ0) is 23.7. The van der Waals surface area contributed by atoms with Gasteiger partial charge in [0, 0.05) is 22.9 Å². The molecule has 7 heteroatoms. The molecule has 5 rings (SSSR count). The Bertz CT molecular complexity index is 1170. The van der Waals surface area contributed by atoms with Crippen molar-refractivity contribution in [1.29, 1.82) is 0 Å². The standard InChI is InChI=1S/C27H33N3O3S/c1-17-6-2-3-10-23(17)30-24-12-11-19(15-21(24)28-25(30)16-20-9-5-13-34-20)26(31)29-22(27(32)33)14-18-7-4-8-18/h5,9,11-13,15,17-18,22-23H,2-4,6-8,10,14,16H2,1H3,(H,29,31)(H,32,33). The molecule has 0 radical (unpaired) electrons. The summed E-state index contributed by atoms with van der Waals surface area (Å²) < 4.78 is 2.41. The largest absolute Gasteiger partial charge is 0.480 e. The van der Waals surface area contributed by atoms with E-state index in [0.717, 1.165) is 49.0 Å². The van der Waals surface area contributed by atoms with Gasteiger partial charge in [0.1, 0.15) is 11.9 Å². The molecular formula is C27H33N3O3S. The highest BCUT2D eigenvalue weighted by atomic mass is 32.1. The first kappa shape index (κ1) is 23.1. The lowest BCUT2D eigenvalue weighted by Gasteiger charge is -2.31. The van der Waals surface area contributed by atoms with Crippen LogP contribution in [0.5, 0.6) is 0 Å². The van der Waals surface area contributed by atoms with Gasteiger partial charge in [-0.25, -0.2) is 9.78 Å². The van der Waals surface area contributed by atoms with E-state index in [9.17, 15) is 14.7 Å². The predicted octanol–water partition coefficient (Wildman–Crippen LogP) is 5.81. The number of aromatic nitrogens is 2. The van der Waals surface area contributed by atoms with E-state index in [0.29, 0.717) is 29.9 Å². The molecule has 2 aliphatic carbocycles. The predicted molar refractivity (Wildman–Crippen MR) is 134 cm³/mol. The van der Waals surface area contributed by atoms with Crippen molar-refractivity contribution in [3.8, 4) is 0 Å². The van der Waals surface area contributed by atoms with Crippen LogP contribution in [0.3, 0.4) is 0 Å². The number of carbonyl (C=O) groups is 2. The minimum absolute atomic E-state index is 0.339. The summed E-state index contributed by atoms with van der Waals surface area (Å²) in [5.74, 6) is 0.724. The highest BCUT2D eigenvalue weighted by molar-refractivity contribution is 7.09. The second kappa shape index (κ2) is 9.90. The van der Waals surface area contributed by atoms with Crippen LogP contribution in [0, 0.1) is 11.8 Å². The number of nitrogens with zero attached hydrogens (tertiary/aromatic N) is 2. The highest BCUT2D eigenvalue weighted by Crippen LogP contribution is 2.37. The number of aliphatic carboxylic acids is 1. The molecule has 2 aromatic heterocycles. The average Bonchev–Trinajstić information content (AvgIpc) is 3.42. The minimum Gasteiger partial charge on any atom is -0.480 e. The number of carboxylic acids is 1. The lowest BCUT2D eigenvalue weighted by molar-refractivity contribution is -0.139. The van der Waals surface area contributed by atoms with Gasteiger partial charge < -0.3 is 15.0 Å². The van der Waals surface area contributed by atoms with Gasteiger partial charge in [-0.3, -0.25) is 4.79 Å². The lowest BCUT2D eigenvalue weighted by Crippen LogP contribution is -2.42. The van der Waals surface area contributed by atoms with Gasteiger partial charge in [-0.15, -0.1) is 11.3 Å². The van der Waals surface area contributed by atoms with Gasteiger partial charge in [0.25, 0.3) is 5.91 Å². The Morgan fingerprint density at radius 1 is 1.18 bits per heavy atom. The highest BCUT2D eigenvalue weighted by Gasteiger charge is 2.29. The molecule has 3 unspecified atom stereocenters. The Morgan fingerprint density at radius 2 is 2.00 bits per heavy atom. The fourth-order valence-electron chi connectivity index (χ4n) is 5.56. The van der Waals surface area contributed by atoms with Crippen molar-refractivity contribution >= 4 is 34.2 Å². The Morgan fingerprint density at radius 3 is 2.68 bits per heavy atom. The molecule has 1 amide bonds. The van der Waals surface area contributed by atoms with E-state index in [4.69, 9.17) is 4.98 Å². The zero-order valence-corrected chi connectivity index (χ0v) is 20.5.